The average Bonchev–Trinajstić information content (AvgIpc) is 3.34. The molecule has 0 saturated carbocycles. The van der Waals surface area contributed by atoms with E-state index in [2.05, 4.69) is 38.5 Å². The number of thiol groups is 1. The number of nitrogens with two attached hydrogens (primary N) is 1. The Labute approximate surface area is 209 Å². The molecule has 4 atom stereocenters. The predicted octanol–water partition coefficient (Wildman–Crippen LogP) is -0.353. The minimum atomic E-state index is -1.23. The summed E-state index contributed by atoms with van der Waals surface area (Å²) in [5.41, 5.74) is 7.08. The number of carbonyl (C=O) groups is 4. The van der Waals surface area contributed by atoms with Crippen LogP contribution in [0, 0.1) is 5.92 Å². The van der Waals surface area contributed by atoms with E-state index in [9.17, 15) is 24.3 Å². The highest BCUT2D eigenvalue weighted by molar-refractivity contribution is 7.80. The quantitative estimate of drug-likeness (QED) is 0.182. The van der Waals surface area contributed by atoms with Gasteiger partial charge >= 0.3 is 5.97 Å². The lowest BCUT2D eigenvalue weighted by Crippen LogP contribution is -2.59. The number of carboxylic acid groups (broad SMARTS) is 1. The van der Waals surface area contributed by atoms with Gasteiger partial charge in [0.1, 0.15) is 18.1 Å². The van der Waals surface area contributed by atoms with Crippen LogP contribution in [0.15, 0.2) is 42.9 Å². The van der Waals surface area contributed by atoms with Crippen LogP contribution >= 0.6 is 12.6 Å². The van der Waals surface area contributed by atoms with Crippen LogP contribution in [0.1, 0.15) is 25.1 Å². The molecule has 1 aromatic carbocycles. The van der Waals surface area contributed by atoms with Crippen molar-refractivity contribution < 1.29 is 24.3 Å². The first-order valence-electron chi connectivity index (χ1n) is 11.1. The largest absolute Gasteiger partial charge is 0.480 e. The van der Waals surface area contributed by atoms with Crippen LogP contribution in [-0.4, -0.2) is 68.7 Å². The molecule has 1 aromatic heterocycles. The molecule has 0 radical (unpaired) electrons. The van der Waals surface area contributed by atoms with Crippen LogP contribution in [-0.2, 0) is 32.0 Å². The van der Waals surface area contributed by atoms with Crippen molar-refractivity contribution in [2.24, 2.45) is 11.7 Å². The fourth-order valence-electron chi connectivity index (χ4n) is 3.29. The molecule has 0 aliphatic carbocycles. The number of carboxylic acids is 1. The van der Waals surface area contributed by atoms with Gasteiger partial charge in [-0.25, -0.2) is 9.78 Å². The van der Waals surface area contributed by atoms with E-state index in [0.717, 1.165) is 5.56 Å². The molecular weight excluding hydrogens is 472 g/mol. The van der Waals surface area contributed by atoms with E-state index in [1.807, 2.05) is 30.3 Å². The summed E-state index contributed by atoms with van der Waals surface area (Å²) in [4.78, 5) is 56.9. The van der Waals surface area contributed by atoms with Gasteiger partial charge in [0.05, 0.1) is 12.4 Å². The van der Waals surface area contributed by atoms with Crippen molar-refractivity contribution in [3.63, 3.8) is 0 Å². The molecule has 11 nitrogen and oxygen atoms in total. The molecule has 0 fully saturated rings. The highest BCUT2D eigenvalue weighted by Crippen LogP contribution is 2.08. The van der Waals surface area contributed by atoms with Gasteiger partial charge in [-0.05, 0) is 11.5 Å². The summed E-state index contributed by atoms with van der Waals surface area (Å²) in [5.74, 6) is -3.30. The molecular formula is C23H32N6O5S. The zero-order chi connectivity index (χ0) is 26.0. The number of aromatic amines is 1. The highest BCUT2D eigenvalue weighted by atomic mass is 32.1. The van der Waals surface area contributed by atoms with Gasteiger partial charge in [-0.3, -0.25) is 14.4 Å². The van der Waals surface area contributed by atoms with E-state index >= 15 is 0 Å². The molecule has 3 amide bonds. The fraction of sp³-hybridized carbons (Fsp3) is 0.435. The normalized spacial score (nSPS) is 14.4. The van der Waals surface area contributed by atoms with Gasteiger partial charge in [0, 0.05) is 30.5 Å². The Morgan fingerprint density at radius 1 is 1.00 bits per heavy atom. The SMILES string of the molecule is CC(C)C(NC(=O)C(Cc1ccccc1)NC(=O)C(N)CS)C(=O)NC(Cc1cnc[nH]1)C(=O)O. The Balaban J connectivity index is 2.16. The Bertz CT molecular complexity index is 986. The van der Waals surface area contributed by atoms with Gasteiger partial charge in [-0.15, -0.1) is 0 Å². The van der Waals surface area contributed by atoms with E-state index in [4.69, 9.17) is 5.73 Å². The predicted molar refractivity (Wildman–Crippen MR) is 133 cm³/mol. The molecule has 0 aliphatic rings. The number of hydrogen-bond donors (Lipinski definition) is 7. The van der Waals surface area contributed by atoms with Crippen molar-refractivity contribution in [3.05, 3.63) is 54.1 Å². The molecule has 0 spiro atoms. The van der Waals surface area contributed by atoms with Crippen molar-refractivity contribution in [1.82, 2.24) is 25.9 Å². The molecule has 0 aliphatic heterocycles. The first-order chi connectivity index (χ1) is 16.6. The van der Waals surface area contributed by atoms with Crippen LogP contribution in [0.3, 0.4) is 0 Å². The highest BCUT2D eigenvalue weighted by Gasteiger charge is 2.32. The number of imidazole rings is 1. The summed E-state index contributed by atoms with van der Waals surface area (Å²) in [6, 6.07) is 4.87. The Kier molecular flexibility index (Phi) is 10.7. The maximum atomic E-state index is 13.2. The lowest BCUT2D eigenvalue weighted by Gasteiger charge is -2.27. The zero-order valence-corrected chi connectivity index (χ0v) is 20.5. The molecule has 2 rings (SSSR count). The molecule has 7 N–H and O–H groups in total. The summed E-state index contributed by atoms with van der Waals surface area (Å²) in [6.07, 6.45) is 3.04. The number of hydrogen-bond acceptors (Lipinski definition) is 7. The third kappa shape index (κ3) is 8.72. The third-order valence-corrected chi connectivity index (χ3v) is 5.68. The van der Waals surface area contributed by atoms with Gasteiger partial charge in [-0.1, -0.05) is 44.2 Å². The number of nitrogens with one attached hydrogen (secondary N) is 4. The first-order valence-corrected chi connectivity index (χ1v) is 11.8. The van der Waals surface area contributed by atoms with E-state index in [1.165, 1.54) is 12.5 Å². The van der Waals surface area contributed by atoms with Crippen molar-refractivity contribution >= 4 is 36.3 Å². The van der Waals surface area contributed by atoms with Crippen molar-refractivity contribution in [2.75, 3.05) is 5.75 Å². The van der Waals surface area contributed by atoms with Crippen molar-refractivity contribution in [1.29, 1.82) is 0 Å². The fourth-order valence-corrected chi connectivity index (χ4v) is 3.45. The molecule has 1 heterocycles. The number of aliphatic carboxylic acids is 1. The Hall–Kier alpha value is -3.38. The number of H-pyrrole nitrogens is 1. The molecule has 0 saturated heterocycles. The number of aromatic nitrogens is 2. The lowest BCUT2D eigenvalue weighted by molar-refractivity contribution is -0.142. The maximum Gasteiger partial charge on any atom is 0.326 e. The van der Waals surface area contributed by atoms with E-state index in [-0.39, 0.29) is 24.5 Å². The van der Waals surface area contributed by atoms with Gasteiger partial charge in [0.15, 0.2) is 0 Å². The topological polar surface area (TPSA) is 179 Å². The van der Waals surface area contributed by atoms with Crippen molar-refractivity contribution in [3.8, 4) is 0 Å². The molecule has 4 unspecified atom stereocenters. The molecule has 35 heavy (non-hydrogen) atoms. The Morgan fingerprint density at radius 2 is 1.66 bits per heavy atom. The van der Waals surface area contributed by atoms with Crippen molar-refractivity contribution in [2.45, 2.75) is 50.9 Å². The standard InChI is InChI=1S/C23H32N6O5S/c1-13(2)19(22(32)28-18(23(33)34)9-15-10-25-12-26-15)29-21(31)17(27-20(30)16(24)11-35)8-14-6-4-3-5-7-14/h3-7,10,12-13,16-19,35H,8-9,11,24H2,1-2H3,(H,25,26)(H,27,30)(H,28,32)(H,29,31)(H,33,34). The zero-order valence-electron chi connectivity index (χ0n) is 19.6. The van der Waals surface area contributed by atoms with Gasteiger partial charge in [0.2, 0.25) is 17.7 Å². The van der Waals surface area contributed by atoms with Crippen LogP contribution in [0.25, 0.3) is 0 Å². The summed E-state index contributed by atoms with van der Waals surface area (Å²) < 4.78 is 0. The minimum Gasteiger partial charge on any atom is -0.480 e. The number of carbonyl (C=O) groups excluding carboxylic acids is 3. The second-order valence-electron chi connectivity index (χ2n) is 8.45. The van der Waals surface area contributed by atoms with E-state index < -0.39 is 47.9 Å². The summed E-state index contributed by atoms with van der Waals surface area (Å²) in [5, 5.41) is 17.3. The van der Waals surface area contributed by atoms with Crippen LogP contribution in [0.4, 0.5) is 0 Å². The maximum absolute atomic E-state index is 13.2. The molecule has 2 aromatic rings. The molecule has 190 valence electrons. The van der Waals surface area contributed by atoms with Gasteiger partial charge in [-0.2, -0.15) is 12.6 Å². The second-order valence-corrected chi connectivity index (χ2v) is 8.82. The van der Waals surface area contributed by atoms with E-state index in [0.29, 0.717) is 5.69 Å². The number of rotatable bonds is 13. The number of nitrogens with zero attached hydrogens (tertiary/aromatic N) is 1. The van der Waals surface area contributed by atoms with Crippen LogP contribution in [0.2, 0.25) is 0 Å². The number of benzene rings is 1. The van der Waals surface area contributed by atoms with Crippen LogP contribution < -0.4 is 21.7 Å². The van der Waals surface area contributed by atoms with Gasteiger partial charge < -0.3 is 31.8 Å². The van der Waals surface area contributed by atoms with E-state index in [1.54, 1.807) is 13.8 Å². The Morgan fingerprint density at radius 3 is 2.20 bits per heavy atom. The minimum absolute atomic E-state index is 0.00581. The molecule has 12 heteroatoms. The summed E-state index contributed by atoms with van der Waals surface area (Å²) in [6.45, 7) is 3.44. The monoisotopic (exact) mass is 504 g/mol. The average molecular weight is 505 g/mol. The van der Waals surface area contributed by atoms with Gasteiger partial charge in [0.25, 0.3) is 0 Å². The smallest absolute Gasteiger partial charge is 0.326 e. The third-order valence-electron chi connectivity index (χ3n) is 5.29. The molecule has 0 bridgehead atoms. The summed E-state index contributed by atoms with van der Waals surface area (Å²) >= 11 is 4.02. The van der Waals surface area contributed by atoms with Crippen LogP contribution in [0.5, 0.6) is 0 Å². The summed E-state index contributed by atoms with van der Waals surface area (Å²) in [7, 11) is 0. The first kappa shape index (κ1) is 27.9. The lowest BCUT2D eigenvalue weighted by atomic mass is 10.00. The second kappa shape index (κ2) is 13.5. The number of amides is 3.